The summed E-state index contributed by atoms with van der Waals surface area (Å²) in [4.78, 5) is 26.9. The van der Waals surface area contributed by atoms with Gasteiger partial charge in [0, 0.05) is 35.6 Å². The quantitative estimate of drug-likeness (QED) is 0.402. The van der Waals surface area contributed by atoms with Crippen molar-refractivity contribution in [3.05, 3.63) is 47.5 Å². The van der Waals surface area contributed by atoms with E-state index in [2.05, 4.69) is 20.1 Å². The summed E-state index contributed by atoms with van der Waals surface area (Å²) in [7, 11) is -1.07. The van der Waals surface area contributed by atoms with Gasteiger partial charge in [0.15, 0.2) is 17.6 Å². The fourth-order valence-electron chi connectivity index (χ4n) is 5.53. The van der Waals surface area contributed by atoms with Crippen molar-refractivity contribution in [2.75, 3.05) is 18.6 Å². The maximum absolute atomic E-state index is 13.7. The van der Waals surface area contributed by atoms with E-state index in [0.717, 1.165) is 0 Å². The normalized spacial score (nSPS) is 26.0. The Morgan fingerprint density at radius 2 is 1.73 bits per heavy atom. The predicted molar refractivity (Wildman–Crippen MR) is 140 cm³/mol. The summed E-state index contributed by atoms with van der Waals surface area (Å²) in [5.74, 6) is 0.559. The van der Waals surface area contributed by atoms with Crippen molar-refractivity contribution in [2.45, 2.75) is 62.0 Å². The summed E-state index contributed by atoms with van der Waals surface area (Å²) in [6, 6.07) is 8.80. The molecule has 6 rings (SSSR count). The lowest BCUT2D eigenvalue weighted by atomic mass is 9.91. The molecule has 216 valence electrons. The van der Waals surface area contributed by atoms with E-state index in [4.69, 9.17) is 9.47 Å². The highest BCUT2D eigenvalue weighted by atomic mass is 32.3. The Morgan fingerprint density at radius 1 is 1.00 bits per heavy atom. The Hall–Kier alpha value is -3.29. The minimum absolute atomic E-state index is 0.0887. The van der Waals surface area contributed by atoms with Gasteiger partial charge in [0.2, 0.25) is 5.91 Å². The van der Waals surface area contributed by atoms with Gasteiger partial charge in [-0.25, -0.2) is 0 Å². The molecule has 4 N–H and O–H groups in total. The average Bonchev–Trinajstić information content (AvgIpc) is 3.66. The Morgan fingerprint density at radius 3 is 2.42 bits per heavy atom. The highest BCUT2D eigenvalue weighted by Crippen LogP contribution is 2.52. The average molecular weight is 581 g/mol. The lowest BCUT2D eigenvalue weighted by Gasteiger charge is -2.40. The van der Waals surface area contributed by atoms with E-state index in [1.807, 2.05) is 0 Å². The molecule has 4 aliphatic rings. The summed E-state index contributed by atoms with van der Waals surface area (Å²) >= 11 is 0. The molecule has 10 nitrogen and oxygen atoms in total. The molecule has 1 aliphatic carbocycles. The van der Waals surface area contributed by atoms with Crippen LogP contribution in [0.1, 0.15) is 49.3 Å². The van der Waals surface area contributed by atoms with E-state index in [-0.39, 0.29) is 47.3 Å². The van der Waals surface area contributed by atoms with E-state index < -0.39 is 34.4 Å². The van der Waals surface area contributed by atoms with E-state index >= 15 is 0 Å². The number of hydrogen-bond donors (Lipinski definition) is 4. The molecule has 2 amide bonds. The smallest absolute Gasteiger partial charge is 0.497 e. The molecule has 0 radical (unpaired) electrons. The van der Waals surface area contributed by atoms with Crippen molar-refractivity contribution in [3.8, 4) is 23.0 Å². The molecule has 40 heavy (non-hydrogen) atoms. The lowest BCUT2D eigenvalue weighted by molar-refractivity contribution is -0.286. The number of fused-ring (bicyclic) bond motifs is 2. The van der Waals surface area contributed by atoms with Gasteiger partial charge in [-0.1, -0.05) is 6.07 Å². The molecule has 2 fully saturated rings. The topological polar surface area (TPSA) is 136 Å². The van der Waals surface area contributed by atoms with Crippen LogP contribution in [-0.4, -0.2) is 58.0 Å². The SMILES string of the molecule is COc1ccc2c(c1)O[C@@H](C(=O)NC1CCS(O)(O)CC1)C[C@@H]2NC(=O)C1(c2ccc3c(c2)OC(F)(F)O3)CC1. The number of carbonyl (C=O) groups excluding carboxylic acids is 2. The number of rotatable bonds is 6. The fraction of sp³-hybridized carbons (Fsp3) is 0.481. The number of ether oxygens (including phenoxy) is 4. The van der Waals surface area contributed by atoms with E-state index in [1.165, 1.54) is 19.2 Å². The molecule has 0 aromatic heterocycles. The summed E-state index contributed by atoms with van der Waals surface area (Å²) in [5, 5.41) is 6.03. The first kappa shape index (κ1) is 26.9. The molecule has 2 aromatic rings. The van der Waals surface area contributed by atoms with Gasteiger partial charge >= 0.3 is 6.29 Å². The number of hydrogen-bond acceptors (Lipinski definition) is 8. The first-order valence-electron chi connectivity index (χ1n) is 13.1. The summed E-state index contributed by atoms with van der Waals surface area (Å²) in [5.41, 5.74) is 0.320. The van der Waals surface area contributed by atoms with E-state index in [1.54, 1.807) is 24.3 Å². The molecule has 0 bridgehead atoms. The largest absolute Gasteiger partial charge is 0.586 e. The summed E-state index contributed by atoms with van der Waals surface area (Å²) in [6.45, 7) is 0. The third kappa shape index (κ3) is 5.13. The van der Waals surface area contributed by atoms with Gasteiger partial charge in [-0.05, 0) is 55.5 Å². The fourth-order valence-corrected chi connectivity index (χ4v) is 7.06. The molecule has 13 heteroatoms. The minimum Gasteiger partial charge on any atom is -0.497 e. The summed E-state index contributed by atoms with van der Waals surface area (Å²) in [6.07, 6.45) is -2.53. The zero-order valence-electron chi connectivity index (χ0n) is 21.7. The van der Waals surface area contributed by atoms with Crippen LogP contribution in [-0.2, 0) is 15.0 Å². The van der Waals surface area contributed by atoms with Crippen molar-refractivity contribution in [2.24, 2.45) is 0 Å². The number of methoxy groups -OCH3 is 1. The number of halogens is 2. The monoisotopic (exact) mass is 580 g/mol. The Balaban J connectivity index is 1.20. The first-order chi connectivity index (χ1) is 19.0. The first-order valence-corrected chi connectivity index (χ1v) is 15.0. The zero-order chi connectivity index (χ0) is 28.3. The number of amides is 2. The maximum atomic E-state index is 13.7. The van der Waals surface area contributed by atoms with Crippen LogP contribution in [0.2, 0.25) is 0 Å². The molecule has 0 unspecified atom stereocenters. The third-order valence-corrected chi connectivity index (χ3v) is 9.76. The van der Waals surface area contributed by atoms with Crippen molar-refractivity contribution in [1.29, 1.82) is 0 Å². The second-order valence-electron chi connectivity index (χ2n) is 10.7. The van der Waals surface area contributed by atoms with Crippen LogP contribution in [0.4, 0.5) is 8.78 Å². The molecule has 1 saturated carbocycles. The van der Waals surface area contributed by atoms with Crippen LogP contribution in [0.15, 0.2) is 36.4 Å². The standard InChI is InChI=1S/C27H30F2N2O8S/c1-36-17-3-4-18-19(14-23(37-21(18)13-17)24(32)30-16-6-10-40(34,35)11-7-16)31-25(33)26(8-9-26)15-2-5-20-22(12-15)39-27(28,29)38-20/h2-5,12-13,16,19,23,34-35H,6-11,14H2,1H3,(H,30,32)(H,31,33)/t19-,23+/m0/s1. The Kier molecular flexibility index (Phi) is 6.50. The molecular formula is C27H30F2N2O8S. The van der Waals surface area contributed by atoms with Crippen molar-refractivity contribution < 1.29 is 46.4 Å². The van der Waals surface area contributed by atoms with Crippen LogP contribution >= 0.6 is 10.6 Å². The van der Waals surface area contributed by atoms with Gasteiger partial charge < -0.3 is 29.6 Å². The molecule has 0 spiro atoms. The van der Waals surface area contributed by atoms with Crippen molar-refractivity contribution in [3.63, 3.8) is 0 Å². The van der Waals surface area contributed by atoms with Crippen LogP contribution in [0.25, 0.3) is 0 Å². The van der Waals surface area contributed by atoms with Crippen molar-refractivity contribution in [1.82, 2.24) is 10.6 Å². The van der Waals surface area contributed by atoms with Crippen LogP contribution in [0, 0.1) is 0 Å². The summed E-state index contributed by atoms with van der Waals surface area (Å²) < 4.78 is 67.2. The van der Waals surface area contributed by atoms with Gasteiger partial charge in [0.1, 0.15) is 11.5 Å². The maximum Gasteiger partial charge on any atom is 0.586 e. The second-order valence-corrected chi connectivity index (χ2v) is 13.1. The van der Waals surface area contributed by atoms with Gasteiger partial charge in [-0.2, -0.15) is 10.6 Å². The third-order valence-electron chi connectivity index (χ3n) is 7.98. The Bertz CT molecular complexity index is 1340. The van der Waals surface area contributed by atoms with E-state index in [0.29, 0.717) is 48.3 Å². The molecular weight excluding hydrogens is 550 g/mol. The Labute approximate surface area is 230 Å². The molecule has 3 aliphatic heterocycles. The van der Waals surface area contributed by atoms with Crippen LogP contribution < -0.4 is 29.6 Å². The van der Waals surface area contributed by atoms with Crippen LogP contribution in [0.3, 0.4) is 0 Å². The predicted octanol–water partition coefficient (Wildman–Crippen LogP) is 4.09. The number of benzene rings is 2. The van der Waals surface area contributed by atoms with Crippen molar-refractivity contribution >= 4 is 22.4 Å². The molecule has 1 saturated heterocycles. The molecule has 2 aromatic carbocycles. The zero-order valence-corrected chi connectivity index (χ0v) is 22.5. The number of carbonyl (C=O) groups is 2. The molecule has 3 heterocycles. The number of nitrogens with one attached hydrogen (secondary N) is 2. The van der Waals surface area contributed by atoms with E-state index in [9.17, 15) is 27.5 Å². The number of alkyl halides is 2. The van der Waals surface area contributed by atoms with Gasteiger partial charge in [-0.15, -0.1) is 8.78 Å². The van der Waals surface area contributed by atoms with Crippen LogP contribution in [0.5, 0.6) is 23.0 Å². The highest BCUT2D eigenvalue weighted by Gasteiger charge is 2.53. The second kappa shape index (κ2) is 9.67. The van der Waals surface area contributed by atoms with Gasteiger partial charge in [0.05, 0.1) is 18.6 Å². The highest BCUT2D eigenvalue weighted by molar-refractivity contribution is 8.24. The minimum atomic E-state index is -3.75. The molecule has 2 atom stereocenters. The van der Waals surface area contributed by atoms with Gasteiger partial charge in [0.25, 0.3) is 5.91 Å². The lowest BCUT2D eigenvalue weighted by Crippen LogP contribution is -2.49. The van der Waals surface area contributed by atoms with Gasteiger partial charge in [-0.3, -0.25) is 18.7 Å².